The van der Waals surface area contributed by atoms with Crippen molar-refractivity contribution in [3.05, 3.63) is 101 Å². The summed E-state index contributed by atoms with van der Waals surface area (Å²) in [6.07, 6.45) is -1.03. The number of carbonyl (C=O) groups is 4. The molecule has 1 heterocycles. The van der Waals surface area contributed by atoms with E-state index in [0.29, 0.717) is 23.2 Å². The normalized spacial score (nSPS) is 13.2. The summed E-state index contributed by atoms with van der Waals surface area (Å²) in [4.78, 5) is 53.8. The number of rotatable bonds is 8. The molecule has 1 aliphatic rings. The van der Waals surface area contributed by atoms with E-state index in [1.54, 1.807) is 43.4 Å². The number of ether oxygens (including phenoxy) is 2. The summed E-state index contributed by atoms with van der Waals surface area (Å²) in [5.74, 6) is -1.63. The first kappa shape index (κ1) is 24.7. The lowest BCUT2D eigenvalue weighted by Crippen LogP contribution is -2.37. The van der Waals surface area contributed by atoms with Crippen LogP contribution in [0.25, 0.3) is 0 Å². The Hall–Kier alpha value is -4.46. The molecule has 0 aliphatic carbocycles. The largest absolute Gasteiger partial charge is 0.496 e. The Labute approximate surface area is 209 Å². The third-order valence-corrected chi connectivity index (χ3v) is 5.97. The Bertz CT molecular complexity index is 1290. The van der Waals surface area contributed by atoms with Crippen molar-refractivity contribution in [3.63, 3.8) is 0 Å². The van der Waals surface area contributed by atoms with Crippen LogP contribution in [0, 0.1) is 0 Å². The summed E-state index contributed by atoms with van der Waals surface area (Å²) in [5.41, 5.74) is 2.29. The van der Waals surface area contributed by atoms with E-state index < -0.39 is 23.9 Å². The minimum atomic E-state index is -1.03. The molecule has 184 valence electrons. The highest BCUT2D eigenvalue weighted by molar-refractivity contribution is 6.21. The highest BCUT2D eigenvalue weighted by atomic mass is 16.5. The van der Waals surface area contributed by atoms with Gasteiger partial charge in [-0.05, 0) is 42.3 Å². The van der Waals surface area contributed by atoms with Crippen molar-refractivity contribution in [1.29, 1.82) is 0 Å². The van der Waals surface area contributed by atoms with Crippen LogP contribution in [0.15, 0.2) is 72.8 Å². The number of likely N-dealkylation sites (N-methyl/N-ethyl adjacent to an activating group) is 1. The number of imide groups is 1. The summed E-state index contributed by atoms with van der Waals surface area (Å²) in [5, 5.41) is 0. The smallest absolute Gasteiger partial charge is 0.342 e. The van der Waals surface area contributed by atoms with E-state index >= 15 is 0 Å². The Balaban J connectivity index is 1.47. The number of benzene rings is 3. The zero-order valence-corrected chi connectivity index (χ0v) is 20.3. The minimum Gasteiger partial charge on any atom is -0.496 e. The lowest BCUT2D eigenvalue weighted by molar-refractivity contribution is -0.139. The Morgan fingerprint density at radius 3 is 2.11 bits per heavy atom. The van der Waals surface area contributed by atoms with E-state index in [1.165, 1.54) is 25.0 Å². The Kier molecular flexibility index (Phi) is 7.15. The van der Waals surface area contributed by atoms with Crippen LogP contribution in [0.4, 0.5) is 0 Å². The summed E-state index contributed by atoms with van der Waals surface area (Å²) < 4.78 is 10.8. The molecule has 0 spiro atoms. The van der Waals surface area contributed by atoms with E-state index in [0.717, 1.165) is 10.5 Å². The van der Waals surface area contributed by atoms with E-state index in [4.69, 9.17) is 9.47 Å². The minimum absolute atomic E-state index is 0.0229. The first-order valence-electron chi connectivity index (χ1n) is 11.4. The van der Waals surface area contributed by atoms with Gasteiger partial charge in [-0.15, -0.1) is 0 Å². The molecule has 8 heteroatoms. The first-order valence-corrected chi connectivity index (χ1v) is 11.4. The quantitative estimate of drug-likeness (QED) is 0.356. The van der Waals surface area contributed by atoms with Gasteiger partial charge in [0.1, 0.15) is 11.3 Å². The second kappa shape index (κ2) is 10.4. The fourth-order valence-corrected chi connectivity index (χ4v) is 4.10. The molecule has 0 bridgehead atoms. The van der Waals surface area contributed by atoms with Gasteiger partial charge in [-0.3, -0.25) is 19.3 Å². The van der Waals surface area contributed by atoms with Crippen LogP contribution >= 0.6 is 0 Å². The molecular formula is C28H26N2O6. The molecule has 0 saturated carbocycles. The van der Waals surface area contributed by atoms with Gasteiger partial charge < -0.3 is 14.4 Å². The highest BCUT2D eigenvalue weighted by Crippen LogP contribution is 2.27. The van der Waals surface area contributed by atoms with Gasteiger partial charge in [0.15, 0.2) is 6.10 Å². The van der Waals surface area contributed by atoms with Gasteiger partial charge in [-0.25, -0.2) is 4.79 Å². The van der Waals surface area contributed by atoms with Crippen molar-refractivity contribution in [2.75, 3.05) is 14.2 Å². The van der Waals surface area contributed by atoms with Crippen molar-refractivity contribution >= 4 is 23.7 Å². The SMILES string of the molecule is COc1ccc(CN2C(=O)c3ccccc3C2=O)cc1C(=O)OC(C)C(=O)N(C)Cc1ccccc1. The molecule has 0 N–H and O–H groups in total. The average molecular weight is 487 g/mol. The summed E-state index contributed by atoms with van der Waals surface area (Å²) >= 11 is 0. The van der Waals surface area contributed by atoms with Crippen molar-refractivity contribution in [2.24, 2.45) is 0 Å². The summed E-state index contributed by atoms with van der Waals surface area (Å²) in [6.45, 7) is 1.86. The third kappa shape index (κ3) is 4.98. The number of amides is 3. The standard InChI is InChI=1S/C28H26N2O6/c1-18(25(31)29(2)16-19-9-5-4-6-10-19)36-28(34)23-15-20(13-14-24(23)35-3)17-30-26(32)21-11-7-8-12-22(21)27(30)33/h4-15,18H,16-17H2,1-3H3. The number of nitrogens with zero attached hydrogens (tertiary/aromatic N) is 2. The van der Waals surface area contributed by atoms with Gasteiger partial charge in [0.2, 0.25) is 0 Å². The molecule has 3 aromatic rings. The second-order valence-corrected chi connectivity index (χ2v) is 8.50. The van der Waals surface area contributed by atoms with E-state index in [1.807, 2.05) is 30.3 Å². The topological polar surface area (TPSA) is 93.2 Å². The molecule has 0 fully saturated rings. The maximum atomic E-state index is 13.0. The molecule has 0 radical (unpaired) electrons. The van der Waals surface area contributed by atoms with Crippen LogP contribution < -0.4 is 4.74 Å². The number of hydrogen-bond donors (Lipinski definition) is 0. The summed E-state index contributed by atoms with van der Waals surface area (Å²) in [6, 6.07) is 20.9. The van der Waals surface area contributed by atoms with Crippen LogP contribution in [-0.4, -0.2) is 53.8 Å². The van der Waals surface area contributed by atoms with E-state index in [-0.39, 0.29) is 23.8 Å². The second-order valence-electron chi connectivity index (χ2n) is 8.50. The fourth-order valence-electron chi connectivity index (χ4n) is 4.10. The van der Waals surface area contributed by atoms with Crippen LogP contribution in [0.5, 0.6) is 5.75 Å². The van der Waals surface area contributed by atoms with Gasteiger partial charge in [-0.2, -0.15) is 0 Å². The molecule has 1 atom stereocenters. The van der Waals surface area contributed by atoms with Gasteiger partial charge in [0, 0.05) is 13.6 Å². The molecule has 1 unspecified atom stereocenters. The zero-order chi connectivity index (χ0) is 25.8. The van der Waals surface area contributed by atoms with Crippen molar-refractivity contribution < 1.29 is 28.7 Å². The molecule has 0 saturated heterocycles. The zero-order valence-electron chi connectivity index (χ0n) is 20.3. The highest BCUT2D eigenvalue weighted by Gasteiger charge is 2.35. The molecule has 0 aromatic heterocycles. The number of hydrogen-bond acceptors (Lipinski definition) is 6. The fraction of sp³-hybridized carbons (Fsp3) is 0.214. The molecule has 8 nitrogen and oxygen atoms in total. The average Bonchev–Trinajstić information content (AvgIpc) is 3.13. The molecule has 1 aliphatic heterocycles. The number of methoxy groups -OCH3 is 1. The van der Waals surface area contributed by atoms with Crippen molar-refractivity contribution in [2.45, 2.75) is 26.1 Å². The monoisotopic (exact) mass is 486 g/mol. The first-order chi connectivity index (χ1) is 17.3. The predicted molar refractivity (Wildman–Crippen MR) is 131 cm³/mol. The number of esters is 1. The molecule has 3 aromatic carbocycles. The Morgan fingerprint density at radius 1 is 0.889 bits per heavy atom. The van der Waals surface area contributed by atoms with E-state index in [2.05, 4.69) is 0 Å². The van der Waals surface area contributed by atoms with Crippen LogP contribution in [0.2, 0.25) is 0 Å². The van der Waals surface area contributed by atoms with Crippen LogP contribution in [0.3, 0.4) is 0 Å². The molecular weight excluding hydrogens is 460 g/mol. The van der Waals surface area contributed by atoms with E-state index in [9.17, 15) is 19.2 Å². The number of carbonyl (C=O) groups excluding carboxylic acids is 4. The predicted octanol–water partition coefficient (Wildman–Crippen LogP) is 3.70. The van der Waals surface area contributed by atoms with Gasteiger partial charge in [0.25, 0.3) is 17.7 Å². The third-order valence-electron chi connectivity index (χ3n) is 5.97. The van der Waals surface area contributed by atoms with Gasteiger partial charge >= 0.3 is 5.97 Å². The lowest BCUT2D eigenvalue weighted by atomic mass is 10.1. The molecule has 3 amide bonds. The van der Waals surface area contributed by atoms with Crippen LogP contribution in [-0.2, 0) is 22.6 Å². The molecule has 4 rings (SSSR count). The number of fused-ring (bicyclic) bond motifs is 1. The maximum absolute atomic E-state index is 13.0. The van der Waals surface area contributed by atoms with Crippen molar-refractivity contribution in [3.8, 4) is 5.75 Å². The van der Waals surface area contributed by atoms with Crippen molar-refractivity contribution in [1.82, 2.24) is 9.80 Å². The van der Waals surface area contributed by atoms with Crippen LogP contribution in [0.1, 0.15) is 49.1 Å². The molecule has 36 heavy (non-hydrogen) atoms. The Morgan fingerprint density at radius 2 is 1.50 bits per heavy atom. The van der Waals surface area contributed by atoms with Gasteiger partial charge in [0.05, 0.1) is 24.8 Å². The van der Waals surface area contributed by atoms with Gasteiger partial charge in [-0.1, -0.05) is 48.5 Å². The maximum Gasteiger partial charge on any atom is 0.342 e. The lowest BCUT2D eigenvalue weighted by Gasteiger charge is -2.22. The summed E-state index contributed by atoms with van der Waals surface area (Å²) in [7, 11) is 3.06.